The van der Waals surface area contributed by atoms with Crippen LogP contribution in [0.25, 0.3) is 0 Å². The molecular weight excluding hydrogens is 188 g/mol. The summed E-state index contributed by atoms with van der Waals surface area (Å²) in [6.07, 6.45) is -1.95. The van der Waals surface area contributed by atoms with Crippen molar-refractivity contribution in [1.82, 2.24) is 10.6 Å². The predicted octanol–water partition coefficient (Wildman–Crippen LogP) is -2.82. The van der Waals surface area contributed by atoms with Crippen LogP contribution in [-0.2, 0) is 4.79 Å². The normalized spacial score (nSPS) is 37.1. The summed E-state index contributed by atoms with van der Waals surface area (Å²) < 4.78 is 0. The zero-order valence-electron chi connectivity index (χ0n) is 7.97. The van der Waals surface area contributed by atoms with Crippen molar-refractivity contribution in [2.45, 2.75) is 31.2 Å². The molecule has 0 spiro atoms. The van der Waals surface area contributed by atoms with Crippen molar-refractivity contribution in [2.24, 2.45) is 0 Å². The fourth-order valence-electron chi connectivity index (χ4n) is 1.54. The molecule has 0 unspecified atom stereocenters. The zero-order chi connectivity index (χ0) is 10.7. The van der Waals surface area contributed by atoms with Crippen molar-refractivity contribution in [3.8, 4) is 0 Å². The Morgan fingerprint density at radius 3 is 2.36 bits per heavy atom. The molecule has 0 aromatic rings. The molecule has 0 aliphatic carbocycles. The van der Waals surface area contributed by atoms with Gasteiger partial charge in [-0.2, -0.15) is 0 Å². The maximum Gasteiger partial charge on any atom is 0.216 e. The van der Waals surface area contributed by atoms with Crippen LogP contribution in [0.4, 0.5) is 0 Å². The summed E-state index contributed by atoms with van der Waals surface area (Å²) in [5, 5.41) is 33.1. The third-order valence-corrected chi connectivity index (χ3v) is 2.37. The minimum absolute atomic E-state index is 0.194. The molecule has 4 atom stereocenters. The minimum atomic E-state index is -0.987. The van der Waals surface area contributed by atoms with Crippen molar-refractivity contribution in [3.05, 3.63) is 0 Å². The van der Waals surface area contributed by atoms with Crippen LogP contribution in [0, 0.1) is 0 Å². The van der Waals surface area contributed by atoms with Crippen LogP contribution in [0.1, 0.15) is 6.92 Å². The van der Waals surface area contributed by atoms with E-state index in [4.69, 9.17) is 5.11 Å². The quantitative estimate of drug-likeness (QED) is 0.341. The van der Waals surface area contributed by atoms with Gasteiger partial charge < -0.3 is 26.0 Å². The van der Waals surface area contributed by atoms with Crippen molar-refractivity contribution in [2.75, 3.05) is 13.2 Å². The van der Waals surface area contributed by atoms with Crippen LogP contribution in [0.15, 0.2) is 0 Å². The van der Waals surface area contributed by atoms with E-state index in [1.165, 1.54) is 6.92 Å². The highest BCUT2D eigenvalue weighted by Gasteiger charge is 2.40. The van der Waals surface area contributed by atoms with Crippen LogP contribution in [0.3, 0.4) is 0 Å². The number of amides is 1. The fourth-order valence-corrected chi connectivity index (χ4v) is 1.54. The van der Waals surface area contributed by atoms with E-state index in [9.17, 15) is 15.0 Å². The predicted molar refractivity (Wildman–Crippen MR) is 48.5 cm³/mol. The second-order valence-electron chi connectivity index (χ2n) is 3.48. The van der Waals surface area contributed by atoms with E-state index < -0.39 is 24.3 Å². The van der Waals surface area contributed by atoms with E-state index in [1.807, 2.05) is 0 Å². The fraction of sp³-hybridized carbons (Fsp3) is 0.875. The number of hydrogen-bond acceptors (Lipinski definition) is 5. The van der Waals surface area contributed by atoms with Gasteiger partial charge in [0.2, 0.25) is 5.91 Å². The van der Waals surface area contributed by atoms with Crippen molar-refractivity contribution in [1.29, 1.82) is 0 Å². The number of aliphatic hydroxyl groups is 3. The lowest BCUT2D eigenvalue weighted by atomic mass is 10.1. The topological polar surface area (TPSA) is 102 Å². The van der Waals surface area contributed by atoms with Gasteiger partial charge in [-0.15, -0.1) is 0 Å². The Kier molecular flexibility index (Phi) is 3.82. The highest BCUT2D eigenvalue weighted by atomic mass is 16.3. The summed E-state index contributed by atoms with van der Waals surface area (Å²) in [5.74, 6) is -0.194. The van der Waals surface area contributed by atoms with E-state index in [0.717, 1.165) is 0 Å². The highest BCUT2D eigenvalue weighted by Crippen LogP contribution is 2.13. The lowest BCUT2D eigenvalue weighted by Gasteiger charge is -2.15. The van der Waals surface area contributed by atoms with Crippen LogP contribution in [-0.4, -0.2) is 58.7 Å². The van der Waals surface area contributed by atoms with E-state index in [2.05, 4.69) is 10.6 Å². The Balaban J connectivity index is 2.44. The third-order valence-electron chi connectivity index (χ3n) is 2.37. The molecule has 1 saturated heterocycles. The molecule has 82 valence electrons. The smallest absolute Gasteiger partial charge is 0.216 e. The van der Waals surface area contributed by atoms with Crippen molar-refractivity contribution >= 4 is 5.91 Å². The molecule has 6 heteroatoms. The first-order valence-electron chi connectivity index (χ1n) is 4.53. The lowest BCUT2D eigenvalue weighted by Crippen LogP contribution is -2.43. The zero-order valence-corrected chi connectivity index (χ0v) is 7.97. The molecule has 1 fully saturated rings. The molecule has 1 amide bonds. The van der Waals surface area contributed by atoms with Gasteiger partial charge >= 0.3 is 0 Å². The Labute approximate surface area is 81.9 Å². The average Bonchev–Trinajstić information content (AvgIpc) is 2.41. The molecule has 1 aliphatic rings. The van der Waals surface area contributed by atoms with Gasteiger partial charge in [-0.3, -0.25) is 4.79 Å². The summed E-state index contributed by atoms with van der Waals surface area (Å²) in [7, 11) is 0. The first-order chi connectivity index (χ1) is 6.56. The maximum atomic E-state index is 10.6. The number of carbonyl (C=O) groups is 1. The van der Waals surface area contributed by atoms with Gasteiger partial charge in [-0.1, -0.05) is 0 Å². The van der Waals surface area contributed by atoms with Crippen LogP contribution < -0.4 is 10.6 Å². The second-order valence-corrected chi connectivity index (χ2v) is 3.48. The molecular formula is C8H16N2O4. The Bertz CT molecular complexity index is 212. The van der Waals surface area contributed by atoms with Gasteiger partial charge in [-0.05, 0) is 0 Å². The van der Waals surface area contributed by atoms with E-state index in [0.29, 0.717) is 0 Å². The molecule has 0 aromatic heterocycles. The summed E-state index contributed by atoms with van der Waals surface area (Å²) in [6.45, 7) is 1.38. The number of hydrogen-bond donors (Lipinski definition) is 5. The summed E-state index contributed by atoms with van der Waals surface area (Å²) in [4.78, 5) is 10.6. The monoisotopic (exact) mass is 204 g/mol. The summed E-state index contributed by atoms with van der Waals surface area (Å²) >= 11 is 0. The Morgan fingerprint density at radius 2 is 1.93 bits per heavy atom. The molecule has 5 N–H and O–H groups in total. The SMILES string of the molecule is CC(=O)NC[C@@H]1N[C@@H](CO)[C@@H](O)[C@@H]1O. The van der Waals surface area contributed by atoms with Gasteiger partial charge in [0.25, 0.3) is 0 Å². The number of carbonyl (C=O) groups excluding carboxylic acids is 1. The second kappa shape index (κ2) is 4.70. The van der Waals surface area contributed by atoms with Gasteiger partial charge in [0.15, 0.2) is 0 Å². The largest absolute Gasteiger partial charge is 0.395 e. The van der Waals surface area contributed by atoms with Crippen LogP contribution in [0.2, 0.25) is 0 Å². The first kappa shape index (κ1) is 11.4. The summed E-state index contributed by atoms with van der Waals surface area (Å²) in [6, 6.07) is -0.935. The van der Waals surface area contributed by atoms with Gasteiger partial charge in [0.1, 0.15) is 0 Å². The van der Waals surface area contributed by atoms with Crippen molar-refractivity contribution in [3.63, 3.8) is 0 Å². The van der Waals surface area contributed by atoms with Gasteiger partial charge in [-0.25, -0.2) is 0 Å². The average molecular weight is 204 g/mol. The lowest BCUT2D eigenvalue weighted by molar-refractivity contribution is -0.119. The molecule has 14 heavy (non-hydrogen) atoms. The molecule has 0 radical (unpaired) electrons. The van der Waals surface area contributed by atoms with Crippen LogP contribution in [0.5, 0.6) is 0 Å². The number of rotatable bonds is 3. The Hall–Kier alpha value is -0.690. The highest BCUT2D eigenvalue weighted by molar-refractivity contribution is 5.72. The third kappa shape index (κ3) is 2.42. The first-order valence-corrected chi connectivity index (χ1v) is 4.53. The molecule has 6 nitrogen and oxygen atoms in total. The van der Waals surface area contributed by atoms with E-state index in [-0.39, 0.29) is 19.1 Å². The number of nitrogens with one attached hydrogen (secondary N) is 2. The molecule has 0 saturated carbocycles. The number of aliphatic hydroxyl groups excluding tert-OH is 3. The Morgan fingerprint density at radius 1 is 1.36 bits per heavy atom. The maximum absolute atomic E-state index is 10.6. The van der Waals surface area contributed by atoms with Gasteiger partial charge in [0, 0.05) is 13.5 Å². The molecule has 1 aliphatic heterocycles. The molecule has 0 aromatic carbocycles. The van der Waals surface area contributed by atoms with E-state index in [1.54, 1.807) is 0 Å². The molecule has 1 rings (SSSR count). The summed E-state index contributed by atoms with van der Waals surface area (Å²) in [5.41, 5.74) is 0. The molecule has 1 heterocycles. The minimum Gasteiger partial charge on any atom is -0.395 e. The van der Waals surface area contributed by atoms with Gasteiger partial charge in [0.05, 0.1) is 30.9 Å². The van der Waals surface area contributed by atoms with E-state index >= 15 is 0 Å². The van der Waals surface area contributed by atoms with Crippen LogP contribution >= 0.6 is 0 Å². The van der Waals surface area contributed by atoms with Crippen molar-refractivity contribution < 1.29 is 20.1 Å². The molecule has 0 bridgehead atoms. The standard InChI is InChI=1S/C8H16N2O4/c1-4(12)9-2-5-7(13)8(14)6(3-11)10-5/h5-8,10-11,13-14H,2-3H2,1H3,(H,9,12)/t5-,6-,7+,8+/m0/s1.